The fraction of sp³-hybridized carbons (Fsp3) is 0.0323. The summed E-state index contributed by atoms with van der Waals surface area (Å²) in [6.07, 6.45) is 0. The van der Waals surface area contributed by atoms with Crippen molar-refractivity contribution in [2.75, 3.05) is 0 Å². The molecule has 4 aromatic heterocycles. The lowest BCUT2D eigenvalue weighted by Crippen LogP contribution is -2.15. The Hall–Kier alpha value is -12.5. The molecule has 0 saturated carbocycles. The minimum absolute atomic E-state index is 0.0455. The van der Waals surface area contributed by atoms with Crippen LogP contribution in [0.1, 0.15) is 25.0 Å². The number of hydrogen-bond acceptors (Lipinski definition) is 0. The van der Waals surface area contributed by atoms with Crippen LogP contribution in [0.15, 0.2) is 352 Å². The van der Waals surface area contributed by atoms with Crippen molar-refractivity contribution in [3.05, 3.63) is 363 Å². The normalized spacial score (nSPS) is 12.5. The number of fused-ring (bicyclic) bond motifs is 15. The van der Waals surface area contributed by atoms with E-state index >= 15 is 0 Å². The third kappa shape index (κ3) is 9.05. The number of rotatable bonds is 8. The fourth-order valence-electron chi connectivity index (χ4n) is 16.0. The predicted octanol–water partition coefficient (Wildman–Crippen LogP) is 24.7. The van der Waals surface area contributed by atoms with Gasteiger partial charge in [-0.1, -0.05) is 244 Å². The third-order valence-corrected chi connectivity index (χ3v) is 20.6. The monoisotopic (exact) mass is 1240 g/mol. The molecule has 4 heterocycles. The average molecular weight is 1240 g/mol. The van der Waals surface area contributed by atoms with Gasteiger partial charge in [0.05, 0.1) is 44.1 Å². The number of para-hydroxylation sites is 5. The molecule has 0 unspecified atom stereocenters. The Morgan fingerprint density at radius 2 is 0.464 bits per heavy atom. The summed E-state index contributed by atoms with van der Waals surface area (Å²) in [5.41, 5.74) is 29.6. The molecule has 19 aromatic rings. The zero-order valence-corrected chi connectivity index (χ0v) is 53.8. The molecule has 1 aliphatic rings. The molecular formula is C93H64N4. The van der Waals surface area contributed by atoms with Crippen LogP contribution in [-0.2, 0) is 5.41 Å². The minimum atomic E-state index is -0.0455. The van der Waals surface area contributed by atoms with Gasteiger partial charge in [-0.3, -0.25) is 0 Å². The van der Waals surface area contributed by atoms with E-state index in [0.717, 1.165) is 11.4 Å². The first-order valence-corrected chi connectivity index (χ1v) is 33.6. The van der Waals surface area contributed by atoms with E-state index < -0.39 is 0 Å². The van der Waals surface area contributed by atoms with Gasteiger partial charge in [0, 0.05) is 71.3 Å². The van der Waals surface area contributed by atoms with Crippen LogP contribution in [0.25, 0.3) is 166 Å². The van der Waals surface area contributed by atoms with Gasteiger partial charge in [-0.25, -0.2) is 0 Å². The highest BCUT2D eigenvalue weighted by molar-refractivity contribution is 6.15. The highest BCUT2D eigenvalue weighted by Gasteiger charge is 2.35. The zero-order chi connectivity index (χ0) is 64.3. The van der Waals surface area contributed by atoms with E-state index in [0.29, 0.717) is 0 Å². The molecule has 0 radical (unpaired) electrons. The Balaban J connectivity index is 0.000000137. The molecule has 0 bridgehead atoms. The molecule has 4 heteroatoms. The van der Waals surface area contributed by atoms with Crippen LogP contribution in [0.5, 0.6) is 0 Å². The smallest absolute Gasteiger partial charge is 0.0541 e. The van der Waals surface area contributed by atoms with Gasteiger partial charge < -0.3 is 18.3 Å². The summed E-state index contributed by atoms with van der Waals surface area (Å²) < 4.78 is 9.63. The van der Waals surface area contributed by atoms with Crippen molar-refractivity contribution in [2.24, 2.45) is 0 Å². The Morgan fingerprint density at radius 1 is 0.175 bits per heavy atom. The molecule has 0 fully saturated rings. The predicted molar refractivity (Wildman–Crippen MR) is 410 cm³/mol. The molecule has 4 nitrogen and oxygen atoms in total. The van der Waals surface area contributed by atoms with Crippen molar-refractivity contribution < 1.29 is 0 Å². The molecule has 0 N–H and O–H groups in total. The molecule has 0 amide bonds. The van der Waals surface area contributed by atoms with Crippen molar-refractivity contribution in [3.8, 4) is 78.4 Å². The Kier molecular flexibility index (Phi) is 12.9. The first kappa shape index (κ1) is 56.1. The summed E-state index contributed by atoms with van der Waals surface area (Å²) in [4.78, 5) is 0. The first-order chi connectivity index (χ1) is 47.9. The highest BCUT2D eigenvalue weighted by Crippen LogP contribution is 2.50. The van der Waals surface area contributed by atoms with Gasteiger partial charge in [0.2, 0.25) is 0 Å². The Morgan fingerprint density at radius 3 is 0.876 bits per heavy atom. The molecule has 20 rings (SSSR count). The molecule has 15 aromatic carbocycles. The lowest BCUT2D eigenvalue weighted by molar-refractivity contribution is 0.660. The summed E-state index contributed by atoms with van der Waals surface area (Å²) in [5, 5.41) is 10.1. The minimum Gasteiger partial charge on any atom is -0.309 e. The summed E-state index contributed by atoms with van der Waals surface area (Å²) in [6.45, 7) is 4.71. The van der Waals surface area contributed by atoms with Gasteiger partial charge >= 0.3 is 0 Å². The molecule has 0 spiro atoms. The van der Waals surface area contributed by atoms with E-state index in [9.17, 15) is 0 Å². The number of nitrogens with zero attached hydrogens (tertiary/aromatic N) is 4. The fourth-order valence-corrected chi connectivity index (χ4v) is 16.0. The van der Waals surface area contributed by atoms with E-state index in [1.165, 1.54) is 165 Å². The van der Waals surface area contributed by atoms with Crippen molar-refractivity contribution in [1.82, 2.24) is 18.3 Å². The molecule has 0 aliphatic heterocycles. The van der Waals surface area contributed by atoms with E-state index in [2.05, 4.69) is 384 Å². The van der Waals surface area contributed by atoms with Crippen molar-refractivity contribution in [1.29, 1.82) is 0 Å². The van der Waals surface area contributed by atoms with Crippen LogP contribution < -0.4 is 0 Å². The van der Waals surface area contributed by atoms with Crippen molar-refractivity contribution >= 4 is 87.2 Å². The highest BCUT2D eigenvalue weighted by atomic mass is 15.0. The zero-order valence-electron chi connectivity index (χ0n) is 53.8. The number of benzene rings is 15. The summed E-state index contributed by atoms with van der Waals surface area (Å²) in [5.74, 6) is 0. The standard InChI is InChI=1S/C48H32N2.C45H32N2/c1-3-13-33(14-4-1)35-17-11-19-39(29-35)49-45-23-9-7-21-41(45)43-31-37(25-27-47(43)49)38-26-28-48-44(32-38)42-22-8-10-24-46(42)50(48)40-20-12-18-36(30-40)34-15-5-2-6-16-34;1-45(2)39-17-9-6-14-33(39)34-23-22-32(28-40(34)45)47-42-19-11-8-16-36(42)38-27-30(21-25-44(38)47)29-20-24-43-37(26-29)35-15-7-10-18-41(35)46(43)31-12-4-3-5-13-31/h1-32H;3-28H,1-2H3. The van der Waals surface area contributed by atoms with Gasteiger partial charge in [0.15, 0.2) is 0 Å². The van der Waals surface area contributed by atoms with Crippen LogP contribution in [0.4, 0.5) is 0 Å². The van der Waals surface area contributed by atoms with Crippen molar-refractivity contribution in [2.45, 2.75) is 19.3 Å². The van der Waals surface area contributed by atoms with Crippen LogP contribution in [0.3, 0.4) is 0 Å². The van der Waals surface area contributed by atoms with Crippen molar-refractivity contribution in [3.63, 3.8) is 0 Å². The SMILES string of the molecule is CC1(C)c2ccccc2-c2ccc(-n3c4ccccc4c4cc(-c5ccc6c(c5)c5ccccc5n6-c5ccccc5)ccc43)cc21.c1ccc(-c2cccc(-n3c4ccccc4c4cc(-c5ccc6c(c5)c5ccccc5n6-c5cccc(-c6ccccc6)c5)ccc43)c2)cc1. The topological polar surface area (TPSA) is 19.7 Å². The maximum atomic E-state index is 2.45. The second-order valence-corrected chi connectivity index (χ2v) is 26.4. The van der Waals surface area contributed by atoms with Gasteiger partial charge in [0.25, 0.3) is 0 Å². The lowest BCUT2D eigenvalue weighted by Gasteiger charge is -2.22. The number of aromatic nitrogens is 4. The average Bonchev–Trinajstić information content (AvgIpc) is 1.69. The Bertz CT molecular complexity index is 6130. The summed E-state index contributed by atoms with van der Waals surface area (Å²) in [7, 11) is 0. The maximum Gasteiger partial charge on any atom is 0.0541 e. The quantitative estimate of drug-likeness (QED) is 0.144. The van der Waals surface area contributed by atoms with Gasteiger partial charge in [-0.15, -0.1) is 0 Å². The van der Waals surface area contributed by atoms with E-state index in [1.807, 2.05) is 0 Å². The molecule has 1 aliphatic carbocycles. The molecule has 0 saturated heterocycles. The van der Waals surface area contributed by atoms with Crippen LogP contribution in [0, 0.1) is 0 Å². The molecular weight excluding hydrogens is 1170 g/mol. The lowest BCUT2D eigenvalue weighted by atomic mass is 9.82. The van der Waals surface area contributed by atoms with Crippen LogP contribution >= 0.6 is 0 Å². The first-order valence-electron chi connectivity index (χ1n) is 33.6. The molecule has 0 atom stereocenters. The van der Waals surface area contributed by atoms with Gasteiger partial charge in [-0.05, 0) is 188 Å². The second-order valence-electron chi connectivity index (χ2n) is 26.4. The van der Waals surface area contributed by atoms with Gasteiger partial charge in [0.1, 0.15) is 0 Å². The Labute approximate surface area is 562 Å². The van der Waals surface area contributed by atoms with E-state index in [1.54, 1.807) is 0 Å². The van der Waals surface area contributed by atoms with Crippen LogP contribution in [-0.4, -0.2) is 18.3 Å². The molecule has 97 heavy (non-hydrogen) atoms. The summed E-state index contributed by atoms with van der Waals surface area (Å²) >= 11 is 0. The molecule has 456 valence electrons. The van der Waals surface area contributed by atoms with Crippen LogP contribution in [0.2, 0.25) is 0 Å². The van der Waals surface area contributed by atoms with Gasteiger partial charge in [-0.2, -0.15) is 0 Å². The second kappa shape index (κ2) is 22.3. The maximum absolute atomic E-state index is 2.45. The summed E-state index contributed by atoms with van der Waals surface area (Å²) in [6, 6.07) is 128. The number of hydrogen-bond donors (Lipinski definition) is 0. The van der Waals surface area contributed by atoms with E-state index in [-0.39, 0.29) is 5.41 Å². The third-order valence-electron chi connectivity index (χ3n) is 20.6. The largest absolute Gasteiger partial charge is 0.309 e. The van der Waals surface area contributed by atoms with E-state index in [4.69, 9.17) is 0 Å².